The molecule has 0 aliphatic carbocycles. The molecule has 4 nitrogen and oxygen atoms in total. The molecule has 0 aliphatic heterocycles. The zero-order chi connectivity index (χ0) is 13.6. The van der Waals surface area contributed by atoms with E-state index >= 15 is 0 Å². The summed E-state index contributed by atoms with van der Waals surface area (Å²) in [4.78, 5) is 11.8. The predicted molar refractivity (Wildman–Crippen MR) is 70.9 cm³/mol. The van der Waals surface area contributed by atoms with E-state index in [1.807, 2.05) is 0 Å². The van der Waals surface area contributed by atoms with Gasteiger partial charge in [-0.05, 0) is 19.1 Å². The van der Waals surface area contributed by atoms with Gasteiger partial charge < -0.3 is 15.2 Å². The fourth-order valence-electron chi connectivity index (χ4n) is 1.42. The van der Waals surface area contributed by atoms with Gasteiger partial charge in [0.15, 0.2) is 0 Å². The molecule has 1 amide bonds. The fourth-order valence-corrected chi connectivity index (χ4v) is 1.64. The largest absolute Gasteiger partial charge is 0.388 e. The number of ether oxygens (including phenoxy) is 1. The van der Waals surface area contributed by atoms with Gasteiger partial charge in [0.2, 0.25) is 0 Å². The van der Waals surface area contributed by atoms with E-state index in [0.29, 0.717) is 23.6 Å². The number of hydrogen-bond donors (Lipinski definition) is 2. The molecule has 1 atom stereocenters. The van der Waals surface area contributed by atoms with Gasteiger partial charge in [0, 0.05) is 26.7 Å². The number of methoxy groups -OCH3 is 1. The van der Waals surface area contributed by atoms with Crippen LogP contribution in [0.3, 0.4) is 0 Å². The van der Waals surface area contributed by atoms with Crippen molar-refractivity contribution in [2.45, 2.75) is 18.9 Å². The highest BCUT2D eigenvalue weighted by atomic mass is 35.5. The number of carbonyl (C=O) groups excluding carboxylic acids is 1. The summed E-state index contributed by atoms with van der Waals surface area (Å²) in [6, 6.07) is 6.79. The van der Waals surface area contributed by atoms with Crippen LogP contribution in [-0.2, 0) is 4.74 Å². The average molecular weight is 272 g/mol. The van der Waals surface area contributed by atoms with Crippen molar-refractivity contribution >= 4 is 17.5 Å². The van der Waals surface area contributed by atoms with Gasteiger partial charge in [-0.15, -0.1) is 0 Å². The van der Waals surface area contributed by atoms with E-state index in [0.717, 1.165) is 0 Å². The first-order valence-corrected chi connectivity index (χ1v) is 6.08. The standard InChI is InChI=1S/C13H18ClNO3/c1-13(17,7-8-18-2)9-15-12(16)10-5-3-4-6-11(10)14/h3-6,17H,7-9H2,1-2H3,(H,15,16). The second-order valence-corrected chi connectivity index (χ2v) is 4.81. The Morgan fingerprint density at radius 2 is 2.17 bits per heavy atom. The van der Waals surface area contributed by atoms with Crippen LogP contribution in [0.1, 0.15) is 23.7 Å². The number of aliphatic hydroxyl groups is 1. The first-order valence-electron chi connectivity index (χ1n) is 5.70. The van der Waals surface area contributed by atoms with Crippen molar-refractivity contribution in [2.75, 3.05) is 20.3 Å². The van der Waals surface area contributed by atoms with Gasteiger partial charge in [-0.1, -0.05) is 23.7 Å². The maximum Gasteiger partial charge on any atom is 0.252 e. The molecule has 0 aliphatic rings. The molecule has 0 saturated heterocycles. The lowest BCUT2D eigenvalue weighted by Gasteiger charge is -2.23. The fraction of sp³-hybridized carbons (Fsp3) is 0.462. The summed E-state index contributed by atoms with van der Waals surface area (Å²) >= 11 is 5.91. The van der Waals surface area contributed by atoms with E-state index in [1.165, 1.54) is 0 Å². The zero-order valence-corrected chi connectivity index (χ0v) is 11.3. The van der Waals surface area contributed by atoms with Gasteiger partial charge >= 0.3 is 0 Å². The lowest BCUT2D eigenvalue weighted by atomic mass is 10.0. The molecular formula is C13H18ClNO3. The van der Waals surface area contributed by atoms with Crippen molar-refractivity contribution in [1.82, 2.24) is 5.32 Å². The van der Waals surface area contributed by atoms with Crippen molar-refractivity contribution in [3.8, 4) is 0 Å². The van der Waals surface area contributed by atoms with E-state index in [9.17, 15) is 9.90 Å². The molecule has 1 unspecified atom stereocenters. The highest BCUT2D eigenvalue weighted by molar-refractivity contribution is 6.33. The van der Waals surface area contributed by atoms with Crippen LogP contribution in [0.25, 0.3) is 0 Å². The van der Waals surface area contributed by atoms with Crippen LogP contribution in [0, 0.1) is 0 Å². The third-order valence-corrected chi connectivity index (χ3v) is 2.92. The van der Waals surface area contributed by atoms with Crippen LogP contribution in [0.2, 0.25) is 5.02 Å². The molecule has 5 heteroatoms. The van der Waals surface area contributed by atoms with Gasteiger partial charge in [-0.25, -0.2) is 0 Å². The minimum atomic E-state index is -0.993. The van der Waals surface area contributed by atoms with Crippen LogP contribution in [0.4, 0.5) is 0 Å². The third kappa shape index (κ3) is 4.64. The SMILES string of the molecule is COCCC(C)(O)CNC(=O)c1ccccc1Cl. The van der Waals surface area contributed by atoms with Crippen molar-refractivity contribution in [3.05, 3.63) is 34.9 Å². The molecule has 0 spiro atoms. The first kappa shape index (κ1) is 15.0. The summed E-state index contributed by atoms with van der Waals surface area (Å²) in [5.74, 6) is -0.293. The molecule has 1 rings (SSSR count). The number of carbonyl (C=O) groups is 1. The van der Waals surface area contributed by atoms with Crippen LogP contribution in [0.5, 0.6) is 0 Å². The van der Waals surface area contributed by atoms with Gasteiger partial charge in [0.05, 0.1) is 16.2 Å². The van der Waals surface area contributed by atoms with Gasteiger partial charge in [-0.2, -0.15) is 0 Å². The molecule has 0 bridgehead atoms. The third-order valence-electron chi connectivity index (χ3n) is 2.59. The Labute approximate surface area is 112 Å². The number of amides is 1. The predicted octanol–water partition coefficient (Wildman–Crippen LogP) is 1.86. The quantitative estimate of drug-likeness (QED) is 0.830. The smallest absolute Gasteiger partial charge is 0.252 e. The Hall–Kier alpha value is -1.10. The van der Waals surface area contributed by atoms with E-state index < -0.39 is 5.60 Å². The van der Waals surface area contributed by atoms with Gasteiger partial charge in [0.25, 0.3) is 5.91 Å². The monoisotopic (exact) mass is 271 g/mol. The molecule has 0 aromatic heterocycles. The van der Waals surface area contributed by atoms with Crippen molar-refractivity contribution in [3.63, 3.8) is 0 Å². The van der Waals surface area contributed by atoms with Crippen molar-refractivity contribution in [1.29, 1.82) is 0 Å². The number of benzene rings is 1. The maximum absolute atomic E-state index is 11.8. The van der Waals surface area contributed by atoms with E-state index in [2.05, 4.69) is 5.32 Å². The Morgan fingerprint density at radius 1 is 1.50 bits per heavy atom. The summed E-state index contributed by atoms with van der Waals surface area (Å²) in [6.45, 7) is 2.24. The molecule has 0 radical (unpaired) electrons. The second kappa shape index (κ2) is 6.73. The average Bonchev–Trinajstić information content (AvgIpc) is 2.34. The lowest BCUT2D eigenvalue weighted by molar-refractivity contribution is 0.0243. The van der Waals surface area contributed by atoms with E-state index in [-0.39, 0.29) is 12.5 Å². The number of halogens is 1. The normalized spacial score (nSPS) is 14.0. The summed E-state index contributed by atoms with van der Waals surface area (Å²) in [6.07, 6.45) is 0.451. The van der Waals surface area contributed by atoms with Gasteiger partial charge in [-0.3, -0.25) is 4.79 Å². The van der Waals surface area contributed by atoms with E-state index in [1.54, 1.807) is 38.3 Å². The van der Waals surface area contributed by atoms with Crippen molar-refractivity contribution < 1.29 is 14.6 Å². The molecule has 1 aromatic carbocycles. The molecular weight excluding hydrogens is 254 g/mol. The molecule has 0 fully saturated rings. The molecule has 0 saturated carbocycles. The summed E-state index contributed by atoms with van der Waals surface area (Å²) in [5.41, 5.74) is -0.589. The number of rotatable bonds is 6. The summed E-state index contributed by atoms with van der Waals surface area (Å²) in [7, 11) is 1.57. The van der Waals surface area contributed by atoms with Crippen LogP contribution >= 0.6 is 11.6 Å². The van der Waals surface area contributed by atoms with E-state index in [4.69, 9.17) is 16.3 Å². The summed E-state index contributed by atoms with van der Waals surface area (Å²) in [5, 5.41) is 13.0. The highest BCUT2D eigenvalue weighted by Gasteiger charge is 2.21. The number of nitrogens with one attached hydrogen (secondary N) is 1. The lowest BCUT2D eigenvalue weighted by Crippen LogP contribution is -2.41. The van der Waals surface area contributed by atoms with Crippen LogP contribution < -0.4 is 5.32 Å². The topological polar surface area (TPSA) is 58.6 Å². The summed E-state index contributed by atoms with van der Waals surface area (Å²) < 4.78 is 4.89. The Bertz CT molecular complexity index is 407. The Kier molecular flexibility index (Phi) is 5.59. The zero-order valence-electron chi connectivity index (χ0n) is 10.6. The minimum Gasteiger partial charge on any atom is -0.388 e. The van der Waals surface area contributed by atoms with Crippen molar-refractivity contribution in [2.24, 2.45) is 0 Å². The number of hydrogen-bond acceptors (Lipinski definition) is 3. The second-order valence-electron chi connectivity index (χ2n) is 4.40. The molecule has 18 heavy (non-hydrogen) atoms. The molecule has 100 valence electrons. The van der Waals surface area contributed by atoms with Crippen LogP contribution in [0.15, 0.2) is 24.3 Å². The molecule has 0 heterocycles. The first-order chi connectivity index (χ1) is 8.46. The maximum atomic E-state index is 11.8. The molecule has 2 N–H and O–H groups in total. The molecule has 1 aromatic rings. The van der Waals surface area contributed by atoms with Crippen LogP contribution in [-0.4, -0.2) is 36.9 Å². The van der Waals surface area contributed by atoms with Gasteiger partial charge in [0.1, 0.15) is 0 Å². The Morgan fingerprint density at radius 3 is 2.78 bits per heavy atom. The Balaban J connectivity index is 2.54. The minimum absolute atomic E-state index is 0.153. The highest BCUT2D eigenvalue weighted by Crippen LogP contribution is 2.15.